The minimum atomic E-state index is -0.652. The molecule has 0 spiro atoms. The lowest BCUT2D eigenvalue weighted by Crippen LogP contribution is -2.36. The van der Waals surface area contributed by atoms with Gasteiger partial charge in [0.1, 0.15) is 18.5 Å². The molecule has 1 unspecified atom stereocenters. The molecule has 0 aliphatic rings. The van der Waals surface area contributed by atoms with Gasteiger partial charge in [0, 0.05) is 19.6 Å². The van der Waals surface area contributed by atoms with Crippen molar-refractivity contribution in [1.82, 2.24) is 4.90 Å². The molecule has 0 aliphatic carbocycles. The van der Waals surface area contributed by atoms with Crippen molar-refractivity contribution in [1.29, 1.82) is 0 Å². The maximum absolute atomic E-state index is 11.7. The number of aliphatic hydroxyl groups excluding tert-OH is 1. The Kier molecular flexibility index (Phi) is 8.66. The van der Waals surface area contributed by atoms with Gasteiger partial charge in [-0.05, 0) is 24.6 Å². The van der Waals surface area contributed by atoms with Gasteiger partial charge in [0.15, 0.2) is 0 Å². The summed E-state index contributed by atoms with van der Waals surface area (Å²) in [5.74, 6) is 0.508. The third-order valence-electron chi connectivity index (χ3n) is 3.84. The molecular formula is C21H27NO4. The van der Waals surface area contributed by atoms with E-state index in [4.69, 9.17) is 9.47 Å². The summed E-state index contributed by atoms with van der Waals surface area (Å²) in [5, 5.41) is 10.3. The molecule has 0 saturated carbocycles. The Morgan fingerprint density at radius 2 is 1.73 bits per heavy atom. The van der Waals surface area contributed by atoms with E-state index >= 15 is 0 Å². The molecule has 0 aromatic heterocycles. The molecule has 0 heterocycles. The predicted molar refractivity (Wildman–Crippen MR) is 101 cm³/mol. The van der Waals surface area contributed by atoms with E-state index in [9.17, 15) is 9.90 Å². The highest BCUT2D eigenvalue weighted by atomic mass is 16.5. The van der Waals surface area contributed by atoms with Crippen LogP contribution in [0.1, 0.15) is 18.9 Å². The largest absolute Gasteiger partial charge is 0.491 e. The Bertz CT molecular complexity index is 633. The Balaban J connectivity index is 1.87. The number of aliphatic hydroxyl groups is 1. The summed E-state index contributed by atoms with van der Waals surface area (Å²) >= 11 is 0. The van der Waals surface area contributed by atoms with Gasteiger partial charge in [-0.1, -0.05) is 48.5 Å². The number of rotatable bonds is 11. The normalized spacial score (nSPS) is 12.0. The number of carbonyl (C=O) groups is 1. The molecular weight excluding hydrogens is 330 g/mol. The molecule has 2 aromatic rings. The van der Waals surface area contributed by atoms with E-state index in [0.717, 1.165) is 11.3 Å². The van der Waals surface area contributed by atoms with Crippen LogP contribution >= 0.6 is 0 Å². The molecule has 26 heavy (non-hydrogen) atoms. The van der Waals surface area contributed by atoms with Gasteiger partial charge >= 0.3 is 5.97 Å². The van der Waals surface area contributed by atoms with Gasteiger partial charge in [0.2, 0.25) is 0 Å². The quantitative estimate of drug-likeness (QED) is 0.627. The summed E-state index contributed by atoms with van der Waals surface area (Å²) in [4.78, 5) is 13.7. The van der Waals surface area contributed by atoms with E-state index in [-0.39, 0.29) is 12.6 Å². The maximum atomic E-state index is 11.7. The van der Waals surface area contributed by atoms with Gasteiger partial charge in [0.05, 0.1) is 13.0 Å². The average molecular weight is 357 g/mol. The van der Waals surface area contributed by atoms with E-state index in [2.05, 4.69) is 0 Å². The Labute approximate surface area is 155 Å². The zero-order chi connectivity index (χ0) is 18.6. The predicted octanol–water partition coefficient (Wildman–Crippen LogP) is 2.88. The summed E-state index contributed by atoms with van der Waals surface area (Å²) in [6.07, 6.45) is -0.353. The Hall–Kier alpha value is -2.37. The minimum absolute atomic E-state index is 0.203. The first kappa shape index (κ1) is 19.9. The van der Waals surface area contributed by atoms with Gasteiger partial charge in [-0.25, -0.2) is 0 Å². The van der Waals surface area contributed by atoms with Crippen molar-refractivity contribution in [2.45, 2.75) is 26.0 Å². The lowest BCUT2D eigenvalue weighted by atomic mass is 10.2. The van der Waals surface area contributed by atoms with E-state index in [1.807, 2.05) is 65.6 Å². The molecule has 0 radical (unpaired) electrons. The number of ether oxygens (including phenoxy) is 2. The van der Waals surface area contributed by atoms with E-state index < -0.39 is 6.10 Å². The second-order valence-corrected chi connectivity index (χ2v) is 6.05. The van der Waals surface area contributed by atoms with E-state index in [1.54, 1.807) is 6.92 Å². The molecule has 1 atom stereocenters. The van der Waals surface area contributed by atoms with Crippen molar-refractivity contribution >= 4 is 5.97 Å². The summed E-state index contributed by atoms with van der Waals surface area (Å²) in [5.41, 5.74) is 1.13. The molecule has 5 heteroatoms. The number of carbonyl (C=O) groups excluding carboxylic acids is 1. The maximum Gasteiger partial charge on any atom is 0.307 e. The second kappa shape index (κ2) is 11.3. The van der Waals surface area contributed by atoms with Gasteiger partial charge in [-0.3, -0.25) is 9.69 Å². The molecule has 2 rings (SSSR count). The summed E-state index contributed by atoms with van der Waals surface area (Å²) in [7, 11) is 0. The molecule has 0 amide bonds. The highest BCUT2D eigenvalue weighted by Gasteiger charge is 2.15. The van der Waals surface area contributed by atoms with Gasteiger partial charge in [0.25, 0.3) is 0 Å². The van der Waals surface area contributed by atoms with Crippen LogP contribution in [0, 0.1) is 0 Å². The lowest BCUT2D eigenvalue weighted by molar-refractivity contribution is -0.143. The van der Waals surface area contributed by atoms with Gasteiger partial charge in [-0.2, -0.15) is 0 Å². The zero-order valence-electron chi connectivity index (χ0n) is 15.2. The monoisotopic (exact) mass is 357 g/mol. The fourth-order valence-corrected chi connectivity index (χ4v) is 2.62. The smallest absolute Gasteiger partial charge is 0.307 e. The molecule has 5 nitrogen and oxygen atoms in total. The number of nitrogens with zero attached hydrogens (tertiary/aromatic N) is 1. The van der Waals surface area contributed by atoms with Crippen LogP contribution in [0.4, 0.5) is 0 Å². The number of esters is 1. The molecule has 0 bridgehead atoms. The van der Waals surface area contributed by atoms with Crippen LogP contribution in [0.15, 0.2) is 60.7 Å². The molecule has 0 aliphatic heterocycles. The first-order chi connectivity index (χ1) is 12.7. The molecule has 0 saturated heterocycles. The third kappa shape index (κ3) is 7.68. The van der Waals surface area contributed by atoms with E-state index in [0.29, 0.717) is 32.7 Å². The van der Waals surface area contributed by atoms with Crippen molar-refractivity contribution in [3.63, 3.8) is 0 Å². The second-order valence-electron chi connectivity index (χ2n) is 6.05. The van der Waals surface area contributed by atoms with Crippen molar-refractivity contribution in [3.05, 3.63) is 66.2 Å². The number of para-hydroxylation sites is 1. The first-order valence-corrected chi connectivity index (χ1v) is 8.95. The number of hydrogen-bond acceptors (Lipinski definition) is 5. The van der Waals surface area contributed by atoms with Crippen LogP contribution in [-0.4, -0.2) is 48.4 Å². The van der Waals surface area contributed by atoms with Crippen molar-refractivity contribution in [3.8, 4) is 5.75 Å². The van der Waals surface area contributed by atoms with Crippen LogP contribution in [0.5, 0.6) is 5.75 Å². The molecule has 140 valence electrons. The topological polar surface area (TPSA) is 59.0 Å². The van der Waals surface area contributed by atoms with Gasteiger partial charge < -0.3 is 14.6 Å². The Morgan fingerprint density at radius 3 is 2.38 bits per heavy atom. The van der Waals surface area contributed by atoms with Crippen LogP contribution in [0.2, 0.25) is 0 Å². The van der Waals surface area contributed by atoms with Crippen LogP contribution in [0.25, 0.3) is 0 Å². The van der Waals surface area contributed by atoms with Crippen molar-refractivity contribution in [2.24, 2.45) is 0 Å². The highest BCUT2D eigenvalue weighted by molar-refractivity contribution is 5.69. The summed E-state index contributed by atoms with van der Waals surface area (Å²) in [6.45, 7) is 3.98. The molecule has 1 N–H and O–H groups in total. The third-order valence-corrected chi connectivity index (χ3v) is 3.84. The fraction of sp³-hybridized carbons (Fsp3) is 0.381. The minimum Gasteiger partial charge on any atom is -0.491 e. The summed E-state index contributed by atoms with van der Waals surface area (Å²) < 4.78 is 10.6. The van der Waals surface area contributed by atoms with Crippen LogP contribution in [0.3, 0.4) is 0 Å². The fourth-order valence-electron chi connectivity index (χ4n) is 2.62. The number of hydrogen-bond donors (Lipinski definition) is 1. The Morgan fingerprint density at radius 1 is 1.08 bits per heavy atom. The molecule has 2 aromatic carbocycles. The standard InChI is InChI=1S/C21H27NO4/c1-2-25-21(24)13-14-22(15-18-9-5-3-6-10-18)16-19(23)17-26-20-11-7-4-8-12-20/h3-12,19,23H,2,13-17H2,1H3. The van der Waals surface area contributed by atoms with Gasteiger partial charge in [-0.15, -0.1) is 0 Å². The number of benzene rings is 2. The van der Waals surface area contributed by atoms with E-state index in [1.165, 1.54) is 0 Å². The van der Waals surface area contributed by atoms with Crippen molar-refractivity contribution in [2.75, 3.05) is 26.3 Å². The van der Waals surface area contributed by atoms with Crippen LogP contribution < -0.4 is 4.74 Å². The summed E-state index contributed by atoms with van der Waals surface area (Å²) in [6, 6.07) is 19.4. The average Bonchev–Trinajstić information content (AvgIpc) is 2.66. The zero-order valence-corrected chi connectivity index (χ0v) is 15.2. The molecule has 0 fully saturated rings. The van der Waals surface area contributed by atoms with Crippen molar-refractivity contribution < 1.29 is 19.4 Å². The SMILES string of the molecule is CCOC(=O)CCN(Cc1ccccc1)CC(O)COc1ccccc1. The highest BCUT2D eigenvalue weighted by Crippen LogP contribution is 2.10. The first-order valence-electron chi connectivity index (χ1n) is 8.95. The lowest BCUT2D eigenvalue weighted by Gasteiger charge is -2.25. The van der Waals surface area contributed by atoms with Crippen LogP contribution in [-0.2, 0) is 16.1 Å².